The Kier molecular flexibility index (Phi) is 3.88. The summed E-state index contributed by atoms with van der Waals surface area (Å²) in [7, 11) is 0. The zero-order valence-corrected chi connectivity index (χ0v) is 14.0. The molecule has 1 aliphatic heterocycles. The van der Waals surface area contributed by atoms with Crippen LogP contribution in [0.5, 0.6) is 0 Å². The van der Waals surface area contributed by atoms with Crippen molar-refractivity contribution in [2.75, 3.05) is 18.0 Å². The van der Waals surface area contributed by atoms with E-state index in [4.69, 9.17) is 9.51 Å². The van der Waals surface area contributed by atoms with Gasteiger partial charge in [-0.25, -0.2) is 4.98 Å². The van der Waals surface area contributed by atoms with E-state index in [1.807, 2.05) is 30.5 Å². The van der Waals surface area contributed by atoms with Gasteiger partial charge in [-0.1, -0.05) is 31.1 Å². The summed E-state index contributed by atoms with van der Waals surface area (Å²) in [5, 5.41) is 4.08. The van der Waals surface area contributed by atoms with Crippen LogP contribution in [0.4, 0.5) is 5.82 Å². The van der Waals surface area contributed by atoms with Gasteiger partial charge in [-0.2, -0.15) is 4.98 Å². The fourth-order valence-corrected chi connectivity index (χ4v) is 3.10. The molecule has 1 saturated heterocycles. The number of piperidine rings is 1. The quantitative estimate of drug-likeness (QED) is 0.734. The lowest BCUT2D eigenvalue weighted by atomic mass is 9.97. The molecule has 0 bridgehead atoms. The monoisotopic (exact) mass is 323 g/mol. The Bertz CT molecular complexity index is 836. The molecule has 3 aromatic rings. The van der Waals surface area contributed by atoms with E-state index in [2.05, 4.69) is 33.9 Å². The molecule has 124 valence electrons. The molecule has 0 spiro atoms. The maximum atomic E-state index is 5.46. The largest absolute Gasteiger partial charge is 0.355 e. The van der Waals surface area contributed by atoms with Crippen LogP contribution in [0.2, 0.25) is 0 Å². The molecule has 0 atom stereocenters. The molecule has 0 aliphatic carbocycles. The van der Waals surface area contributed by atoms with Crippen molar-refractivity contribution < 1.29 is 4.52 Å². The highest BCUT2D eigenvalue weighted by molar-refractivity contribution is 5.75. The van der Waals surface area contributed by atoms with Crippen molar-refractivity contribution in [2.45, 2.75) is 38.5 Å². The second-order valence-electron chi connectivity index (χ2n) is 6.62. The zero-order chi connectivity index (χ0) is 16.5. The lowest BCUT2D eigenvalue weighted by molar-refractivity contribution is 0.325. The number of benzene rings is 1. The summed E-state index contributed by atoms with van der Waals surface area (Å²) in [5.41, 5.74) is 1.87. The Morgan fingerprint density at radius 2 is 1.83 bits per heavy atom. The minimum absolute atomic E-state index is 0.301. The Hall–Kier alpha value is -2.50. The van der Waals surface area contributed by atoms with Gasteiger partial charge in [0.15, 0.2) is 5.82 Å². The van der Waals surface area contributed by atoms with E-state index < -0.39 is 0 Å². The van der Waals surface area contributed by atoms with Gasteiger partial charge in [-0.3, -0.25) is 4.98 Å². The van der Waals surface area contributed by atoms with Crippen molar-refractivity contribution in [1.29, 1.82) is 0 Å². The third-order valence-corrected chi connectivity index (χ3v) is 4.58. The number of fused-ring (bicyclic) bond motifs is 1. The smallest absolute Gasteiger partial charge is 0.229 e. The highest BCUT2D eigenvalue weighted by Gasteiger charge is 2.26. The second kappa shape index (κ2) is 6.19. The van der Waals surface area contributed by atoms with Crippen LogP contribution in [0.25, 0.3) is 11.0 Å². The number of hydrogen-bond acceptors (Lipinski definition) is 6. The molecule has 4 rings (SSSR count). The van der Waals surface area contributed by atoms with Crippen LogP contribution in [0, 0.1) is 0 Å². The van der Waals surface area contributed by atoms with E-state index in [0.29, 0.717) is 11.8 Å². The topological polar surface area (TPSA) is 67.9 Å². The van der Waals surface area contributed by atoms with Crippen molar-refractivity contribution in [3.05, 3.63) is 42.2 Å². The first-order valence-corrected chi connectivity index (χ1v) is 8.51. The van der Waals surface area contributed by atoms with E-state index in [9.17, 15) is 0 Å². The first-order chi connectivity index (χ1) is 11.7. The van der Waals surface area contributed by atoms with Gasteiger partial charge in [-0.15, -0.1) is 0 Å². The third kappa shape index (κ3) is 2.84. The standard InChI is InChI=1S/C18H21N5O/c1-12(2)17-21-18(24-22-17)13-7-9-23(10-8-13)16-11-19-14-5-3-4-6-15(14)20-16/h3-6,11-13H,7-10H2,1-2H3. The van der Waals surface area contributed by atoms with Gasteiger partial charge in [0, 0.05) is 24.9 Å². The Balaban J connectivity index is 1.46. The normalized spacial score (nSPS) is 16.2. The van der Waals surface area contributed by atoms with Gasteiger partial charge < -0.3 is 9.42 Å². The fraction of sp³-hybridized carbons (Fsp3) is 0.444. The maximum absolute atomic E-state index is 5.46. The molecule has 0 unspecified atom stereocenters. The number of hydrogen-bond donors (Lipinski definition) is 0. The SMILES string of the molecule is CC(C)c1noc(C2CCN(c3cnc4ccccc4n3)CC2)n1. The minimum atomic E-state index is 0.301. The molecule has 0 radical (unpaired) electrons. The van der Waals surface area contributed by atoms with E-state index in [0.717, 1.165) is 54.5 Å². The summed E-state index contributed by atoms with van der Waals surface area (Å²) in [6, 6.07) is 7.97. The minimum Gasteiger partial charge on any atom is -0.355 e. The first-order valence-electron chi connectivity index (χ1n) is 8.51. The summed E-state index contributed by atoms with van der Waals surface area (Å²) < 4.78 is 5.46. The molecule has 1 aliphatic rings. The van der Waals surface area contributed by atoms with Crippen molar-refractivity contribution in [1.82, 2.24) is 20.1 Å². The predicted octanol–water partition coefficient (Wildman–Crippen LogP) is 3.52. The molecule has 3 heterocycles. The molecule has 1 aromatic carbocycles. The number of nitrogens with zero attached hydrogens (tertiary/aromatic N) is 5. The number of rotatable bonds is 3. The molecular formula is C18H21N5O. The third-order valence-electron chi connectivity index (χ3n) is 4.58. The molecule has 0 amide bonds. The summed E-state index contributed by atoms with van der Waals surface area (Å²) in [5.74, 6) is 3.17. The average molecular weight is 323 g/mol. The maximum Gasteiger partial charge on any atom is 0.229 e. The van der Waals surface area contributed by atoms with Crippen LogP contribution in [-0.4, -0.2) is 33.2 Å². The molecular weight excluding hydrogens is 302 g/mol. The van der Waals surface area contributed by atoms with Gasteiger partial charge in [-0.05, 0) is 25.0 Å². The highest BCUT2D eigenvalue weighted by atomic mass is 16.5. The van der Waals surface area contributed by atoms with Crippen molar-refractivity contribution >= 4 is 16.9 Å². The summed E-state index contributed by atoms with van der Waals surface area (Å²) in [6.45, 7) is 6.01. The Morgan fingerprint density at radius 3 is 2.54 bits per heavy atom. The first kappa shape index (κ1) is 15.1. The summed E-state index contributed by atoms with van der Waals surface area (Å²) in [4.78, 5) is 16.1. The lowest BCUT2D eigenvalue weighted by Gasteiger charge is -2.31. The number of para-hydroxylation sites is 2. The van der Waals surface area contributed by atoms with Crippen molar-refractivity contribution in [2.24, 2.45) is 0 Å². The van der Waals surface area contributed by atoms with Gasteiger partial charge in [0.05, 0.1) is 17.2 Å². The Labute approximate surface area is 140 Å². The van der Waals surface area contributed by atoms with Crippen LogP contribution in [0.1, 0.15) is 50.2 Å². The Morgan fingerprint density at radius 1 is 1.08 bits per heavy atom. The molecule has 1 fully saturated rings. The second-order valence-corrected chi connectivity index (χ2v) is 6.62. The van der Waals surface area contributed by atoms with E-state index in [-0.39, 0.29) is 0 Å². The molecule has 2 aromatic heterocycles. The van der Waals surface area contributed by atoms with Crippen molar-refractivity contribution in [3.63, 3.8) is 0 Å². The molecule has 24 heavy (non-hydrogen) atoms. The van der Waals surface area contributed by atoms with Gasteiger partial charge in [0.1, 0.15) is 5.82 Å². The summed E-state index contributed by atoms with van der Waals surface area (Å²) in [6.07, 6.45) is 3.86. The lowest BCUT2D eigenvalue weighted by Crippen LogP contribution is -2.33. The van der Waals surface area contributed by atoms with Gasteiger partial charge >= 0.3 is 0 Å². The fourth-order valence-electron chi connectivity index (χ4n) is 3.10. The van der Waals surface area contributed by atoms with Crippen LogP contribution in [-0.2, 0) is 0 Å². The van der Waals surface area contributed by atoms with E-state index >= 15 is 0 Å². The van der Waals surface area contributed by atoms with Crippen LogP contribution in [0.15, 0.2) is 35.0 Å². The van der Waals surface area contributed by atoms with Crippen LogP contribution < -0.4 is 4.90 Å². The molecule has 0 saturated carbocycles. The van der Waals surface area contributed by atoms with Crippen LogP contribution >= 0.6 is 0 Å². The number of aromatic nitrogens is 4. The molecule has 6 heteroatoms. The van der Waals surface area contributed by atoms with Gasteiger partial charge in [0.2, 0.25) is 5.89 Å². The highest BCUT2D eigenvalue weighted by Crippen LogP contribution is 2.29. The molecule has 0 N–H and O–H groups in total. The molecule has 6 nitrogen and oxygen atoms in total. The van der Waals surface area contributed by atoms with Gasteiger partial charge in [0.25, 0.3) is 0 Å². The predicted molar refractivity (Wildman–Crippen MR) is 92.1 cm³/mol. The van der Waals surface area contributed by atoms with E-state index in [1.165, 1.54) is 0 Å². The number of anilines is 1. The zero-order valence-electron chi connectivity index (χ0n) is 14.0. The average Bonchev–Trinajstić information content (AvgIpc) is 3.12. The van der Waals surface area contributed by atoms with Crippen molar-refractivity contribution in [3.8, 4) is 0 Å². The van der Waals surface area contributed by atoms with E-state index in [1.54, 1.807) is 0 Å². The van der Waals surface area contributed by atoms with Crippen LogP contribution in [0.3, 0.4) is 0 Å². The summed E-state index contributed by atoms with van der Waals surface area (Å²) >= 11 is 0.